The molecule has 1 aliphatic rings. The van der Waals surface area contributed by atoms with Crippen molar-refractivity contribution < 1.29 is 4.79 Å². The Morgan fingerprint density at radius 3 is 2.21 bits per heavy atom. The van der Waals surface area contributed by atoms with Crippen LogP contribution >= 0.6 is 0 Å². The Morgan fingerprint density at radius 1 is 0.765 bits per heavy atom. The number of benzene rings is 3. The number of amides is 1. The lowest BCUT2D eigenvalue weighted by Gasteiger charge is -2.37. The van der Waals surface area contributed by atoms with Crippen LogP contribution in [0.5, 0.6) is 0 Å². The van der Waals surface area contributed by atoms with Crippen LogP contribution in [0.15, 0.2) is 66.7 Å². The molecule has 0 atom stereocenters. The van der Waals surface area contributed by atoms with Crippen molar-refractivity contribution in [2.75, 3.05) is 31.1 Å². The van der Waals surface area contributed by atoms with Crippen LogP contribution in [0.1, 0.15) is 32.6 Å². The van der Waals surface area contributed by atoms with Gasteiger partial charge in [0.2, 0.25) is 0 Å². The molecule has 0 bridgehead atoms. The van der Waals surface area contributed by atoms with Crippen LogP contribution in [0.25, 0.3) is 22.2 Å². The van der Waals surface area contributed by atoms with Crippen molar-refractivity contribution in [1.29, 1.82) is 0 Å². The molecule has 0 aliphatic carbocycles. The molecule has 0 spiro atoms. The average Bonchev–Trinajstić information content (AvgIpc) is 2.86. The molecular weight excluding hydrogens is 418 g/mol. The van der Waals surface area contributed by atoms with Gasteiger partial charge in [-0.3, -0.25) is 4.79 Å². The number of para-hydroxylation sites is 1. The van der Waals surface area contributed by atoms with E-state index >= 15 is 0 Å². The minimum absolute atomic E-state index is 0.102. The number of anilines is 1. The highest BCUT2D eigenvalue weighted by Crippen LogP contribution is 2.31. The third-order valence-electron chi connectivity index (χ3n) is 7.16. The number of hydrogen-bond acceptors (Lipinski definition) is 3. The summed E-state index contributed by atoms with van der Waals surface area (Å²) in [4.78, 5) is 23.3. The maximum Gasteiger partial charge on any atom is 0.255 e. The molecule has 3 aromatic carbocycles. The van der Waals surface area contributed by atoms with E-state index in [2.05, 4.69) is 68.1 Å². The van der Waals surface area contributed by atoms with Crippen LogP contribution in [-0.2, 0) is 0 Å². The largest absolute Gasteiger partial charge is 0.368 e. The Bertz CT molecular complexity index is 1370. The molecule has 5 rings (SSSR count). The number of pyridine rings is 1. The fraction of sp³-hybridized carbons (Fsp3) is 0.267. The lowest BCUT2D eigenvalue weighted by atomic mass is 9.96. The van der Waals surface area contributed by atoms with Crippen molar-refractivity contribution in [3.63, 3.8) is 0 Å². The summed E-state index contributed by atoms with van der Waals surface area (Å²) in [6, 6.07) is 22.8. The van der Waals surface area contributed by atoms with Crippen LogP contribution in [0.4, 0.5) is 5.69 Å². The van der Waals surface area contributed by atoms with Gasteiger partial charge in [0, 0.05) is 42.8 Å². The van der Waals surface area contributed by atoms with Gasteiger partial charge in [-0.25, -0.2) is 4.98 Å². The maximum absolute atomic E-state index is 13.9. The van der Waals surface area contributed by atoms with Gasteiger partial charge < -0.3 is 9.80 Å². The SMILES string of the molecule is Cc1ccc(-c2nc3ccccc3c(C(=O)N3CCN(c4cccc(C)c4C)CC3)c2C)cc1. The molecule has 1 aromatic heterocycles. The Hall–Kier alpha value is -3.66. The summed E-state index contributed by atoms with van der Waals surface area (Å²) >= 11 is 0. The van der Waals surface area contributed by atoms with Crippen molar-refractivity contribution in [2.45, 2.75) is 27.7 Å². The van der Waals surface area contributed by atoms with E-state index < -0.39 is 0 Å². The zero-order valence-corrected chi connectivity index (χ0v) is 20.4. The van der Waals surface area contributed by atoms with Gasteiger partial charge in [-0.15, -0.1) is 0 Å². The molecule has 4 heteroatoms. The topological polar surface area (TPSA) is 36.4 Å². The first kappa shape index (κ1) is 22.1. The van der Waals surface area contributed by atoms with E-state index in [0.29, 0.717) is 13.1 Å². The first-order valence-corrected chi connectivity index (χ1v) is 12.0. The van der Waals surface area contributed by atoms with Gasteiger partial charge in [0.25, 0.3) is 5.91 Å². The molecule has 1 fully saturated rings. The van der Waals surface area contributed by atoms with E-state index in [4.69, 9.17) is 4.98 Å². The van der Waals surface area contributed by atoms with Crippen molar-refractivity contribution >= 4 is 22.5 Å². The van der Waals surface area contributed by atoms with Gasteiger partial charge in [-0.1, -0.05) is 60.2 Å². The van der Waals surface area contributed by atoms with Crippen LogP contribution in [0.2, 0.25) is 0 Å². The van der Waals surface area contributed by atoms with E-state index in [1.807, 2.05) is 36.1 Å². The van der Waals surface area contributed by atoms with Crippen LogP contribution < -0.4 is 4.90 Å². The molecule has 1 aliphatic heterocycles. The van der Waals surface area contributed by atoms with Crippen LogP contribution in [0.3, 0.4) is 0 Å². The van der Waals surface area contributed by atoms with Crippen molar-refractivity contribution in [3.8, 4) is 11.3 Å². The summed E-state index contributed by atoms with van der Waals surface area (Å²) in [5.74, 6) is 0.102. The molecular formula is C30H31N3O. The zero-order chi connectivity index (χ0) is 23.8. The van der Waals surface area contributed by atoms with E-state index in [1.165, 1.54) is 22.4 Å². The Labute approximate surface area is 201 Å². The standard InChI is InChI=1S/C30H31N3O/c1-20-12-14-24(15-13-20)29-23(4)28(25-9-5-6-10-26(25)31-29)30(34)33-18-16-32(17-19-33)27-11-7-8-21(2)22(27)3/h5-15H,16-19H2,1-4H3. The molecule has 34 heavy (non-hydrogen) atoms. The molecule has 2 heterocycles. The number of carbonyl (C=O) groups excluding carboxylic acids is 1. The molecule has 1 amide bonds. The number of carbonyl (C=O) groups is 1. The summed E-state index contributed by atoms with van der Waals surface area (Å²) in [5, 5.41) is 0.929. The van der Waals surface area contributed by atoms with Gasteiger partial charge in [-0.05, 0) is 56.5 Å². The van der Waals surface area contributed by atoms with Gasteiger partial charge in [0.05, 0.1) is 16.8 Å². The minimum Gasteiger partial charge on any atom is -0.368 e. The molecule has 0 radical (unpaired) electrons. The number of hydrogen-bond donors (Lipinski definition) is 0. The second-order valence-corrected chi connectivity index (χ2v) is 9.34. The van der Waals surface area contributed by atoms with Gasteiger partial charge in [0.1, 0.15) is 0 Å². The van der Waals surface area contributed by atoms with E-state index in [-0.39, 0.29) is 5.91 Å². The van der Waals surface area contributed by atoms with E-state index in [0.717, 1.165) is 46.4 Å². The van der Waals surface area contributed by atoms with Gasteiger partial charge in [-0.2, -0.15) is 0 Å². The smallest absolute Gasteiger partial charge is 0.255 e. The predicted molar refractivity (Wildman–Crippen MR) is 141 cm³/mol. The number of rotatable bonds is 3. The molecule has 172 valence electrons. The zero-order valence-electron chi connectivity index (χ0n) is 20.4. The lowest BCUT2D eigenvalue weighted by molar-refractivity contribution is 0.0748. The summed E-state index contributed by atoms with van der Waals surface area (Å²) < 4.78 is 0. The van der Waals surface area contributed by atoms with Gasteiger partial charge >= 0.3 is 0 Å². The fourth-order valence-corrected chi connectivity index (χ4v) is 4.96. The summed E-state index contributed by atoms with van der Waals surface area (Å²) in [7, 11) is 0. The third-order valence-corrected chi connectivity index (χ3v) is 7.16. The highest BCUT2D eigenvalue weighted by Gasteiger charge is 2.27. The van der Waals surface area contributed by atoms with Crippen molar-refractivity contribution in [2.24, 2.45) is 0 Å². The number of fused-ring (bicyclic) bond motifs is 1. The second-order valence-electron chi connectivity index (χ2n) is 9.34. The highest BCUT2D eigenvalue weighted by atomic mass is 16.2. The Morgan fingerprint density at radius 2 is 1.47 bits per heavy atom. The van der Waals surface area contributed by atoms with Crippen molar-refractivity contribution in [1.82, 2.24) is 9.88 Å². The number of nitrogens with zero attached hydrogens (tertiary/aromatic N) is 3. The highest BCUT2D eigenvalue weighted by molar-refractivity contribution is 6.09. The maximum atomic E-state index is 13.9. The average molecular weight is 450 g/mol. The third kappa shape index (κ3) is 3.94. The quantitative estimate of drug-likeness (QED) is 0.379. The van der Waals surface area contributed by atoms with Crippen LogP contribution in [-0.4, -0.2) is 42.0 Å². The predicted octanol–water partition coefficient (Wildman–Crippen LogP) is 6.10. The molecule has 0 unspecified atom stereocenters. The summed E-state index contributed by atoms with van der Waals surface area (Å²) in [6.45, 7) is 11.5. The lowest BCUT2D eigenvalue weighted by Crippen LogP contribution is -2.49. The second kappa shape index (κ2) is 8.94. The molecule has 0 saturated carbocycles. The Balaban J connectivity index is 1.48. The monoisotopic (exact) mass is 449 g/mol. The van der Waals surface area contributed by atoms with Crippen molar-refractivity contribution in [3.05, 3.63) is 94.5 Å². The molecule has 1 saturated heterocycles. The van der Waals surface area contributed by atoms with Crippen LogP contribution in [0, 0.1) is 27.7 Å². The van der Waals surface area contributed by atoms with E-state index in [9.17, 15) is 4.79 Å². The van der Waals surface area contributed by atoms with E-state index in [1.54, 1.807) is 0 Å². The minimum atomic E-state index is 0.102. The molecule has 0 N–H and O–H groups in total. The van der Waals surface area contributed by atoms with Gasteiger partial charge in [0.15, 0.2) is 0 Å². The fourth-order valence-electron chi connectivity index (χ4n) is 4.96. The first-order valence-electron chi connectivity index (χ1n) is 12.0. The summed E-state index contributed by atoms with van der Waals surface area (Å²) in [5.41, 5.74) is 9.63. The Kier molecular flexibility index (Phi) is 5.82. The normalized spacial score (nSPS) is 14.0. The molecule has 4 aromatic rings. The summed E-state index contributed by atoms with van der Waals surface area (Å²) in [6.07, 6.45) is 0. The molecule has 4 nitrogen and oxygen atoms in total. The number of aryl methyl sites for hydroxylation is 2. The first-order chi connectivity index (χ1) is 16.4. The number of piperazine rings is 1. The number of aromatic nitrogens is 1.